The van der Waals surface area contributed by atoms with Crippen LogP contribution < -0.4 is 4.90 Å². The first-order valence-electron chi connectivity index (χ1n) is 9.57. The second-order valence-corrected chi connectivity index (χ2v) is 7.10. The van der Waals surface area contributed by atoms with E-state index in [1.54, 1.807) is 6.07 Å². The molecule has 4 heterocycles. The largest absolute Gasteiger partial charge is 0.355 e. The van der Waals surface area contributed by atoms with Crippen LogP contribution >= 0.6 is 0 Å². The van der Waals surface area contributed by atoms with Gasteiger partial charge in [-0.2, -0.15) is 0 Å². The summed E-state index contributed by atoms with van der Waals surface area (Å²) in [4.78, 5) is 19.0. The van der Waals surface area contributed by atoms with Crippen molar-refractivity contribution in [3.8, 4) is 0 Å². The van der Waals surface area contributed by atoms with E-state index in [2.05, 4.69) is 26.9 Å². The minimum absolute atomic E-state index is 0.0230. The molecule has 0 saturated carbocycles. The van der Waals surface area contributed by atoms with Crippen LogP contribution in [0.2, 0.25) is 0 Å². The number of hydrogen-bond acceptors (Lipinski definition) is 7. The fourth-order valence-corrected chi connectivity index (χ4v) is 3.90. The molecule has 8 heteroatoms. The van der Waals surface area contributed by atoms with Crippen LogP contribution in [0.4, 0.5) is 5.82 Å². The average molecular weight is 361 g/mol. The van der Waals surface area contributed by atoms with E-state index in [4.69, 9.17) is 9.47 Å². The Morgan fingerprint density at radius 3 is 2.31 bits per heavy atom. The number of carbonyl (C=O) groups excluding carboxylic acids is 1. The lowest BCUT2D eigenvalue weighted by Gasteiger charge is -2.37. The number of anilines is 1. The number of hydrogen-bond donors (Lipinski definition) is 0. The van der Waals surface area contributed by atoms with Gasteiger partial charge in [0.15, 0.2) is 17.3 Å². The Bertz CT molecular complexity index is 614. The molecule has 0 atom stereocenters. The minimum atomic E-state index is -0.388. The van der Waals surface area contributed by atoms with Crippen molar-refractivity contribution in [2.75, 3.05) is 63.9 Å². The van der Waals surface area contributed by atoms with Gasteiger partial charge in [-0.15, -0.1) is 10.2 Å². The number of carbonyl (C=O) groups is 1. The number of aromatic nitrogens is 2. The Morgan fingerprint density at radius 2 is 1.73 bits per heavy atom. The lowest BCUT2D eigenvalue weighted by atomic mass is 10.0. The van der Waals surface area contributed by atoms with Crippen molar-refractivity contribution < 1.29 is 14.3 Å². The highest BCUT2D eigenvalue weighted by Gasteiger charge is 2.40. The molecular weight excluding hydrogens is 334 g/mol. The number of likely N-dealkylation sites (N-methyl/N-ethyl adjacent to an activating group) is 1. The number of piperidine rings is 1. The third-order valence-corrected chi connectivity index (χ3v) is 5.64. The summed E-state index contributed by atoms with van der Waals surface area (Å²) < 4.78 is 11.5. The first-order chi connectivity index (χ1) is 12.7. The van der Waals surface area contributed by atoms with E-state index >= 15 is 0 Å². The van der Waals surface area contributed by atoms with Crippen LogP contribution in [-0.4, -0.2) is 90.7 Å². The zero-order chi connectivity index (χ0) is 18.0. The second kappa shape index (κ2) is 7.46. The number of piperazine rings is 1. The molecule has 3 aliphatic heterocycles. The van der Waals surface area contributed by atoms with Crippen LogP contribution in [0, 0.1) is 0 Å². The maximum atomic E-state index is 12.6. The molecule has 0 N–H and O–H groups in total. The van der Waals surface area contributed by atoms with E-state index in [-0.39, 0.29) is 11.7 Å². The Morgan fingerprint density at radius 1 is 1.04 bits per heavy atom. The molecule has 0 aromatic carbocycles. The van der Waals surface area contributed by atoms with Gasteiger partial charge in [-0.3, -0.25) is 4.79 Å². The number of nitrogens with zero attached hydrogens (tertiary/aromatic N) is 5. The molecule has 0 aliphatic carbocycles. The van der Waals surface area contributed by atoms with Gasteiger partial charge in [-0.25, -0.2) is 0 Å². The van der Waals surface area contributed by atoms with Gasteiger partial charge in [0.2, 0.25) is 0 Å². The topological polar surface area (TPSA) is 71.0 Å². The van der Waals surface area contributed by atoms with E-state index < -0.39 is 0 Å². The maximum Gasteiger partial charge on any atom is 0.274 e. The first-order valence-corrected chi connectivity index (χ1v) is 9.57. The van der Waals surface area contributed by atoms with Gasteiger partial charge < -0.3 is 24.2 Å². The molecule has 1 aromatic rings. The summed E-state index contributed by atoms with van der Waals surface area (Å²) in [7, 11) is 0. The molecule has 26 heavy (non-hydrogen) atoms. The van der Waals surface area contributed by atoms with Crippen molar-refractivity contribution >= 4 is 11.7 Å². The third kappa shape index (κ3) is 3.54. The molecule has 8 nitrogen and oxygen atoms in total. The van der Waals surface area contributed by atoms with E-state index in [9.17, 15) is 4.79 Å². The highest BCUT2D eigenvalue weighted by Crippen LogP contribution is 2.32. The standard InChI is InChI=1S/C18H27N5O3/c1-2-21-9-11-23(12-10-21)17(24)15-3-4-16(20-19-15)22-7-5-18(6-8-22)25-13-14-26-18/h3-4H,2,5-14H2,1H3. The molecule has 3 saturated heterocycles. The van der Waals surface area contributed by atoms with Crippen LogP contribution in [0.3, 0.4) is 0 Å². The van der Waals surface area contributed by atoms with Crippen LogP contribution in [-0.2, 0) is 9.47 Å². The Labute approximate surface area is 154 Å². The van der Waals surface area contributed by atoms with Gasteiger partial charge in [0.25, 0.3) is 5.91 Å². The summed E-state index contributed by atoms with van der Waals surface area (Å²) >= 11 is 0. The monoisotopic (exact) mass is 361 g/mol. The molecule has 0 radical (unpaired) electrons. The van der Waals surface area contributed by atoms with Crippen LogP contribution in [0.1, 0.15) is 30.3 Å². The van der Waals surface area contributed by atoms with Crippen molar-refractivity contribution in [1.29, 1.82) is 0 Å². The summed E-state index contributed by atoms with van der Waals surface area (Å²) in [6.45, 7) is 9.54. The number of amides is 1. The summed E-state index contributed by atoms with van der Waals surface area (Å²) in [5.41, 5.74) is 0.426. The van der Waals surface area contributed by atoms with Gasteiger partial charge >= 0.3 is 0 Å². The predicted molar refractivity (Wildman–Crippen MR) is 96.1 cm³/mol. The molecule has 3 fully saturated rings. The van der Waals surface area contributed by atoms with Gasteiger partial charge in [0.1, 0.15) is 0 Å². The average Bonchev–Trinajstić information content (AvgIpc) is 3.16. The highest BCUT2D eigenvalue weighted by molar-refractivity contribution is 5.92. The highest BCUT2D eigenvalue weighted by atomic mass is 16.7. The Kier molecular flexibility index (Phi) is 5.06. The maximum absolute atomic E-state index is 12.6. The van der Waals surface area contributed by atoms with Crippen molar-refractivity contribution in [3.05, 3.63) is 17.8 Å². The van der Waals surface area contributed by atoms with Gasteiger partial charge in [0.05, 0.1) is 13.2 Å². The third-order valence-electron chi connectivity index (χ3n) is 5.64. The number of rotatable bonds is 3. The van der Waals surface area contributed by atoms with Gasteiger partial charge in [0, 0.05) is 52.1 Å². The lowest BCUT2D eigenvalue weighted by molar-refractivity contribution is -0.169. The smallest absolute Gasteiger partial charge is 0.274 e. The summed E-state index contributed by atoms with van der Waals surface area (Å²) in [5, 5.41) is 8.50. The minimum Gasteiger partial charge on any atom is -0.355 e. The summed E-state index contributed by atoms with van der Waals surface area (Å²) in [5.74, 6) is 0.399. The Hall–Kier alpha value is -1.77. The normalized spacial score (nSPS) is 23.6. The molecule has 0 unspecified atom stereocenters. The molecule has 1 amide bonds. The van der Waals surface area contributed by atoms with E-state index in [1.807, 2.05) is 11.0 Å². The zero-order valence-electron chi connectivity index (χ0n) is 15.4. The van der Waals surface area contributed by atoms with Crippen molar-refractivity contribution in [2.45, 2.75) is 25.6 Å². The first kappa shape index (κ1) is 17.6. The molecule has 1 aromatic heterocycles. The SMILES string of the molecule is CCN1CCN(C(=O)c2ccc(N3CCC4(CC3)OCCO4)nn2)CC1. The molecule has 4 rings (SSSR count). The lowest BCUT2D eigenvalue weighted by Crippen LogP contribution is -2.48. The van der Waals surface area contributed by atoms with E-state index in [0.29, 0.717) is 18.9 Å². The molecule has 3 aliphatic rings. The van der Waals surface area contributed by atoms with E-state index in [1.165, 1.54) is 0 Å². The fourth-order valence-electron chi connectivity index (χ4n) is 3.90. The Balaban J connectivity index is 1.34. The summed E-state index contributed by atoms with van der Waals surface area (Å²) in [6.07, 6.45) is 1.66. The van der Waals surface area contributed by atoms with Gasteiger partial charge in [-0.05, 0) is 18.7 Å². The van der Waals surface area contributed by atoms with Crippen LogP contribution in [0.15, 0.2) is 12.1 Å². The van der Waals surface area contributed by atoms with E-state index in [0.717, 1.165) is 64.5 Å². The number of ether oxygens (including phenoxy) is 2. The molecular formula is C18H27N5O3. The van der Waals surface area contributed by atoms with Crippen molar-refractivity contribution in [1.82, 2.24) is 20.0 Å². The van der Waals surface area contributed by atoms with Crippen molar-refractivity contribution in [2.24, 2.45) is 0 Å². The zero-order valence-corrected chi connectivity index (χ0v) is 15.4. The second-order valence-electron chi connectivity index (χ2n) is 7.10. The van der Waals surface area contributed by atoms with Crippen molar-refractivity contribution in [3.63, 3.8) is 0 Å². The predicted octanol–water partition coefficient (Wildman–Crippen LogP) is 0.598. The van der Waals surface area contributed by atoms with Crippen LogP contribution in [0.25, 0.3) is 0 Å². The molecule has 142 valence electrons. The fraction of sp³-hybridized carbons (Fsp3) is 0.722. The molecule has 0 bridgehead atoms. The van der Waals surface area contributed by atoms with Gasteiger partial charge in [-0.1, -0.05) is 6.92 Å². The molecule has 1 spiro atoms. The van der Waals surface area contributed by atoms with Crippen LogP contribution in [0.5, 0.6) is 0 Å². The summed E-state index contributed by atoms with van der Waals surface area (Å²) in [6, 6.07) is 3.70. The quantitative estimate of drug-likeness (QED) is 0.781.